The number of thiophene rings is 1. The quantitative estimate of drug-likeness (QED) is 0.384. The Labute approximate surface area is 154 Å². The molecule has 0 saturated heterocycles. The second-order valence-electron chi connectivity index (χ2n) is 7.83. The third-order valence-electron chi connectivity index (χ3n) is 5.09. The molecule has 1 N–H and O–H groups in total. The van der Waals surface area contributed by atoms with Crippen LogP contribution in [0.3, 0.4) is 0 Å². The lowest BCUT2D eigenvalue weighted by atomic mass is 10.1. The topological polar surface area (TPSA) is 29.5 Å². The number of allylic oxidation sites excluding steroid dienone is 1. The van der Waals surface area contributed by atoms with Crippen LogP contribution in [-0.4, -0.2) is 20.0 Å². The molecule has 0 fully saturated rings. The van der Waals surface area contributed by atoms with E-state index in [0.717, 1.165) is 12.2 Å². The van der Waals surface area contributed by atoms with E-state index in [1.807, 2.05) is 11.3 Å². The zero-order chi connectivity index (χ0) is 18.5. The van der Waals surface area contributed by atoms with Crippen molar-refractivity contribution in [2.24, 2.45) is 0 Å². The van der Waals surface area contributed by atoms with E-state index < -0.39 is 8.32 Å². The SMILES string of the molecule is C/C(=C/c1ccc([C@H](C)CCO)s1)O[Si](C(C)C)(C(C)C)C(C)C. The molecule has 1 aromatic heterocycles. The van der Waals surface area contributed by atoms with Gasteiger partial charge in [0.05, 0.1) is 5.76 Å². The lowest BCUT2D eigenvalue weighted by Gasteiger charge is -2.42. The van der Waals surface area contributed by atoms with Crippen LogP contribution in [0.1, 0.15) is 77.5 Å². The molecule has 0 radical (unpaired) electrons. The first-order valence-electron chi connectivity index (χ1n) is 9.23. The van der Waals surface area contributed by atoms with Gasteiger partial charge in [-0.25, -0.2) is 0 Å². The lowest BCUT2D eigenvalue weighted by Crippen LogP contribution is -2.47. The smallest absolute Gasteiger partial charge is 0.258 e. The Morgan fingerprint density at radius 3 is 2.08 bits per heavy atom. The number of hydrogen-bond acceptors (Lipinski definition) is 3. The molecule has 1 heterocycles. The third kappa shape index (κ3) is 4.96. The Morgan fingerprint density at radius 1 is 1.08 bits per heavy atom. The minimum Gasteiger partial charge on any atom is -0.546 e. The molecule has 0 unspecified atom stereocenters. The second kappa shape index (κ2) is 9.21. The molecule has 0 aliphatic rings. The van der Waals surface area contributed by atoms with Gasteiger partial charge in [-0.05, 0) is 54.1 Å². The van der Waals surface area contributed by atoms with E-state index in [2.05, 4.69) is 73.6 Å². The van der Waals surface area contributed by atoms with Crippen LogP contribution in [0.15, 0.2) is 17.9 Å². The molecule has 24 heavy (non-hydrogen) atoms. The molecule has 1 rings (SSSR count). The van der Waals surface area contributed by atoms with Crippen molar-refractivity contribution in [3.05, 3.63) is 27.6 Å². The number of aliphatic hydroxyl groups is 1. The summed E-state index contributed by atoms with van der Waals surface area (Å²) in [7, 11) is -1.87. The van der Waals surface area contributed by atoms with Crippen LogP contribution in [-0.2, 0) is 4.43 Å². The summed E-state index contributed by atoms with van der Waals surface area (Å²) < 4.78 is 6.71. The first-order chi connectivity index (χ1) is 11.1. The molecule has 1 aromatic rings. The number of aliphatic hydroxyl groups excluding tert-OH is 1. The standard InChI is InChI=1S/C20H36O2SSi/c1-14(2)24(15(3)4,16(5)6)22-18(8)13-19-9-10-20(23-19)17(7)11-12-21/h9-10,13-17,21H,11-12H2,1-8H3/b18-13-/t17-/m1/s1. The highest BCUT2D eigenvalue weighted by molar-refractivity contribution is 7.13. The van der Waals surface area contributed by atoms with Crippen LogP contribution in [0.25, 0.3) is 6.08 Å². The fraction of sp³-hybridized carbons (Fsp3) is 0.700. The van der Waals surface area contributed by atoms with Gasteiger partial charge >= 0.3 is 0 Å². The fourth-order valence-electron chi connectivity index (χ4n) is 3.91. The Morgan fingerprint density at radius 2 is 1.62 bits per heavy atom. The van der Waals surface area contributed by atoms with Crippen LogP contribution in [0.5, 0.6) is 0 Å². The lowest BCUT2D eigenvalue weighted by molar-refractivity contribution is 0.279. The van der Waals surface area contributed by atoms with Crippen LogP contribution >= 0.6 is 11.3 Å². The molecule has 0 amide bonds. The maximum absolute atomic E-state index is 9.11. The van der Waals surface area contributed by atoms with Gasteiger partial charge in [0.15, 0.2) is 0 Å². The zero-order valence-corrected chi connectivity index (χ0v) is 18.5. The normalized spacial score (nSPS) is 14.8. The van der Waals surface area contributed by atoms with Crippen molar-refractivity contribution in [3.8, 4) is 0 Å². The molecular weight excluding hydrogens is 332 g/mol. The van der Waals surface area contributed by atoms with E-state index >= 15 is 0 Å². The monoisotopic (exact) mass is 368 g/mol. The average Bonchev–Trinajstić information content (AvgIpc) is 2.92. The van der Waals surface area contributed by atoms with Crippen molar-refractivity contribution < 1.29 is 9.53 Å². The predicted molar refractivity (Wildman–Crippen MR) is 110 cm³/mol. The van der Waals surface area contributed by atoms with Gasteiger partial charge in [-0.2, -0.15) is 0 Å². The largest absolute Gasteiger partial charge is 0.546 e. The van der Waals surface area contributed by atoms with Gasteiger partial charge < -0.3 is 9.53 Å². The maximum atomic E-state index is 9.11. The first kappa shape index (κ1) is 21.5. The molecule has 0 bridgehead atoms. The van der Waals surface area contributed by atoms with E-state index in [4.69, 9.17) is 9.53 Å². The van der Waals surface area contributed by atoms with Crippen molar-refractivity contribution in [1.82, 2.24) is 0 Å². The summed E-state index contributed by atoms with van der Waals surface area (Å²) in [5.74, 6) is 1.46. The van der Waals surface area contributed by atoms with Gasteiger partial charge in [0, 0.05) is 16.4 Å². The van der Waals surface area contributed by atoms with Gasteiger partial charge in [-0.15, -0.1) is 11.3 Å². The van der Waals surface area contributed by atoms with Gasteiger partial charge in [-0.3, -0.25) is 0 Å². The Bertz CT molecular complexity index is 510. The highest BCUT2D eigenvalue weighted by Crippen LogP contribution is 2.43. The minimum atomic E-state index is -1.87. The van der Waals surface area contributed by atoms with Crippen molar-refractivity contribution in [1.29, 1.82) is 0 Å². The molecular formula is C20H36O2SSi. The predicted octanol–water partition coefficient (Wildman–Crippen LogP) is 6.79. The highest BCUT2D eigenvalue weighted by atomic mass is 32.1. The van der Waals surface area contributed by atoms with Crippen LogP contribution in [0, 0.1) is 0 Å². The number of hydrogen-bond donors (Lipinski definition) is 1. The van der Waals surface area contributed by atoms with E-state index in [-0.39, 0.29) is 6.61 Å². The summed E-state index contributed by atoms with van der Waals surface area (Å²) in [4.78, 5) is 2.58. The Balaban J connectivity index is 2.99. The summed E-state index contributed by atoms with van der Waals surface area (Å²) >= 11 is 1.81. The minimum absolute atomic E-state index is 0.248. The molecule has 0 saturated carbocycles. The molecule has 2 nitrogen and oxygen atoms in total. The summed E-state index contributed by atoms with van der Waals surface area (Å²) in [5, 5.41) is 9.11. The van der Waals surface area contributed by atoms with E-state index in [0.29, 0.717) is 22.5 Å². The van der Waals surface area contributed by atoms with Crippen molar-refractivity contribution in [2.75, 3.05) is 6.61 Å². The van der Waals surface area contributed by atoms with Gasteiger partial charge in [0.2, 0.25) is 0 Å². The molecule has 4 heteroatoms. The highest BCUT2D eigenvalue weighted by Gasteiger charge is 2.46. The average molecular weight is 369 g/mol. The van der Waals surface area contributed by atoms with Crippen molar-refractivity contribution >= 4 is 25.7 Å². The zero-order valence-electron chi connectivity index (χ0n) is 16.7. The van der Waals surface area contributed by atoms with Gasteiger partial charge in [0.1, 0.15) is 0 Å². The Kier molecular flexibility index (Phi) is 8.23. The Hall–Kier alpha value is -0.583. The van der Waals surface area contributed by atoms with E-state index in [1.54, 1.807) is 0 Å². The van der Waals surface area contributed by atoms with Gasteiger partial charge in [-0.1, -0.05) is 48.5 Å². The van der Waals surface area contributed by atoms with Crippen LogP contribution < -0.4 is 0 Å². The molecule has 0 aromatic carbocycles. The van der Waals surface area contributed by atoms with Gasteiger partial charge in [0.25, 0.3) is 8.32 Å². The molecule has 1 atom stereocenters. The van der Waals surface area contributed by atoms with Crippen molar-refractivity contribution in [2.45, 2.75) is 84.4 Å². The molecule has 0 aliphatic carbocycles. The third-order valence-corrected chi connectivity index (χ3v) is 12.4. The van der Waals surface area contributed by atoms with Crippen molar-refractivity contribution in [3.63, 3.8) is 0 Å². The summed E-state index contributed by atoms with van der Waals surface area (Å²) in [6.45, 7) is 18.4. The van der Waals surface area contributed by atoms with E-state index in [9.17, 15) is 0 Å². The maximum Gasteiger partial charge on any atom is 0.258 e. The first-order valence-corrected chi connectivity index (χ1v) is 12.2. The molecule has 0 spiro atoms. The van der Waals surface area contributed by atoms with E-state index in [1.165, 1.54) is 9.75 Å². The van der Waals surface area contributed by atoms with Crippen LogP contribution in [0.4, 0.5) is 0 Å². The fourth-order valence-corrected chi connectivity index (χ4v) is 10.3. The number of rotatable bonds is 9. The second-order valence-corrected chi connectivity index (χ2v) is 14.4. The summed E-state index contributed by atoms with van der Waals surface area (Å²) in [5.41, 5.74) is 1.76. The molecule has 0 aliphatic heterocycles. The van der Waals surface area contributed by atoms with Crippen LogP contribution in [0.2, 0.25) is 16.6 Å². The summed E-state index contributed by atoms with van der Waals surface area (Å²) in [6, 6.07) is 4.35. The summed E-state index contributed by atoms with van der Waals surface area (Å²) in [6.07, 6.45) is 3.01. The molecule has 138 valence electrons.